The molecule has 0 unspecified atom stereocenters. The lowest BCUT2D eigenvalue weighted by Gasteiger charge is -2.06. The highest BCUT2D eigenvalue weighted by atomic mass is 35.5. The average Bonchev–Trinajstić information content (AvgIpc) is 3.00. The van der Waals surface area contributed by atoms with Crippen molar-refractivity contribution in [2.24, 2.45) is 0 Å². The SMILES string of the molecule is Fc1ccccc1-c1nc2cnn(Cc3ccc(Cl)nc3)cc-2n1. The quantitative estimate of drug-likeness (QED) is 0.534. The van der Waals surface area contributed by atoms with Gasteiger partial charge in [0.05, 0.1) is 24.5 Å². The third kappa shape index (κ3) is 2.83. The van der Waals surface area contributed by atoms with Gasteiger partial charge in [0.15, 0.2) is 5.82 Å². The van der Waals surface area contributed by atoms with Gasteiger partial charge in [-0.1, -0.05) is 29.8 Å². The van der Waals surface area contributed by atoms with Gasteiger partial charge in [-0.15, -0.1) is 0 Å². The minimum Gasteiger partial charge on any atom is -0.266 e. The van der Waals surface area contributed by atoms with Crippen molar-refractivity contribution in [1.82, 2.24) is 24.7 Å². The van der Waals surface area contributed by atoms with Gasteiger partial charge in [0.25, 0.3) is 0 Å². The van der Waals surface area contributed by atoms with Gasteiger partial charge in [-0.25, -0.2) is 19.3 Å². The highest BCUT2D eigenvalue weighted by Gasteiger charge is 2.15. The molecule has 4 rings (SSSR count). The average molecular weight is 340 g/mol. The molecule has 0 fully saturated rings. The number of nitrogens with zero attached hydrogens (tertiary/aromatic N) is 5. The maximum atomic E-state index is 13.9. The second kappa shape index (κ2) is 5.98. The molecule has 3 heterocycles. The highest BCUT2D eigenvalue weighted by molar-refractivity contribution is 6.29. The van der Waals surface area contributed by atoms with E-state index in [4.69, 9.17) is 11.6 Å². The molecule has 0 saturated carbocycles. The van der Waals surface area contributed by atoms with Crippen molar-refractivity contribution in [2.75, 3.05) is 0 Å². The normalized spacial score (nSPS) is 11.1. The topological polar surface area (TPSA) is 56.5 Å². The van der Waals surface area contributed by atoms with Crippen molar-refractivity contribution >= 4 is 11.6 Å². The lowest BCUT2D eigenvalue weighted by molar-refractivity contribution is 0.630. The van der Waals surface area contributed by atoms with Crippen molar-refractivity contribution in [3.05, 3.63) is 71.5 Å². The molecule has 0 atom stereocenters. The fourth-order valence-corrected chi connectivity index (χ4v) is 2.51. The van der Waals surface area contributed by atoms with Gasteiger partial charge in [-0.2, -0.15) is 5.10 Å². The third-order valence-corrected chi connectivity index (χ3v) is 3.79. The fourth-order valence-electron chi connectivity index (χ4n) is 2.40. The zero-order chi connectivity index (χ0) is 16.5. The Kier molecular flexibility index (Phi) is 3.66. The van der Waals surface area contributed by atoms with Crippen molar-refractivity contribution in [2.45, 2.75) is 6.54 Å². The van der Waals surface area contributed by atoms with Crippen LogP contribution in [0.1, 0.15) is 5.56 Å². The number of aromatic nitrogens is 5. The van der Waals surface area contributed by atoms with E-state index in [0.29, 0.717) is 34.5 Å². The van der Waals surface area contributed by atoms with Crippen molar-refractivity contribution in [3.63, 3.8) is 0 Å². The van der Waals surface area contributed by atoms with Crippen molar-refractivity contribution < 1.29 is 4.39 Å². The Morgan fingerprint density at radius 3 is 2.62 bits per heavy atom. The summed E-state index contributed by atoms with van der Waals surface area (Å²) in [7, 11) is 0. The monoisotopic (exact) mass is 339 g/mol. The molecule has 2 aliphatic heterocycles. The largest absolute Gasteiger partial charge is 0.266 e. The Labute approximate surface area is 142 Å². The number of benzene rings is 1. The zero-order valence-electron chi connectivity index (χ0n) is 12.4. The Morgan fingerprint density at radius 2 is 1.83 bits per heavy atom. The maximum Gasteiger partial charge on any atom is 0.163 e. The molecule has 0 aliphatic carbocycles. The Bertz CT molecular complexity index is 967. The summed E-state index contributed by atoms with van der Waals surface area (Å²) in [5, 5.41) is 4.76. The summed E-state index contributed by atoms with van der Waals surface area (Å²) in [6.45, 7) is 0.530. The Morgan fingerprint density at radius 1 is 1.00 bits per heavy atom. The van der Waals surface area contributed by atoms with Crippen LogP contribution in [0.3, 0.4) is 0 Å². The number of hydrogen-bond donors (Lipinski definition) is 0. The first-order chi connectivity index (χ1) is 11.7. The molecule has 7 heteroatoms. The highest BCUT2D eigenvalue weighted by Crippen LogP contribution is 2.25. The standard InChI is InChI=1S/C17H11ClFN5/c18-16-6-5-11(7-20-16)9-24-10-15-14(8-21-24)22-17(23-15)12-3-1-2-4-13(12)19/h1-8,10H,9H2. The lowest BCUT2D eigenvalue weighted by atomic mass is 10.2. The number of hydrogen-bond acceptors (Lipinski definition) is 4. The Balaban J connectivity index is 1.68. The summed E-state index contributed by atoms with van der Waals surface area (Å²) in [6.07, 6.45) is 5.10. The van der Waals surface area contributed by atoms with Crippen LogP contribution in [-0.2, 0) is 6.54 Å². The van der Waals surface area contributed by atoms with E-state index >= 15 is 0 Å². The van der Waals surface area contributed by atoms with Gasteiger partial charge < -0.3 is 0 Å². The number of rotatable bonds is 3. The molecule has 5 nitrogen and oxygen atoms in total. The first-order valence-electron chi connectivity index (χ1n) is 7.24. The van der Waals surface area contributed by atoms with Gasteiger partial charge in [0.1, 0.15) is 22.4 Å². The summed E-state index contributed by atoms with van der Waals surface area (Å²) in [6, 6.07) is 10.1. The fraction of sp³-hybridized carbons (Fsp3) is 0.0588. The number of halogens is 2. The third-order valence-electron chi connectivity index (χ3n) is 3.56. The molecule has 1 aromatic heterocycles. The van der Waals surface area contributed by atoms with Crippen molar-refractivity contribution in [1.29, 1.82) is 0 Å². The van der Waals surface area contributed by atoms with Crippen LogP contribution >= 0.6 is 11.6 Å². The van der Waals surface area contributed by atoms with E-state index in [9.17, 15) is 4.39 Å². The van der Waals surface area contributed by atoms with E-state index in [0.717, 1.165) is 5.56 Å². The molecule has 0 bridgehead atoms. The van der Waals surface area contributed by atoms with Gasteiger partial charge in [0, 0.05) is 6.20 Å². The zero-order valence-corrected chi connectivity index (χ0v) is 13.2. The molecule has 0 amide bonds. The van der Waals surface area contributed by atoms with Crippen LogP contribution in [0.15, 0.2) is 55.0 Å². The molecule has 0 saturated heterocycles. The minimum absolute atomic E-state index is 0.346. The van der Waals surface area contributed by atoms with E-state index < -0.39 is 0 Å². The molecule has 0 radical (unpaired) electrons. The minimum atomic E-state index is -0.346. The van der Waals surface area contributed by atoms with Crippen LogP contribution in [-0.4, -0.2) is 24.7 Å². The van der Waals surface area contributed by atoms with Crippen LogP contribution < -0.4 is 0 Å². The molecule has 2 aliphatic rings. The lowest BCUT2D eigenvalue weighted by Crippen LogP contribution is -2.05. The molecule has 0 spiro atoms. The van der Waals surface area contributed by atoms with Gasteiger partial charge in [0.2, 0.25) is 0 Å². The van der Waals surface area contributed by atoms with E-state index in [-0.39, 0.29) is 5.82 Å². The van der Waals surface area contributed by atoms with Gasteiger partial charge >= 0.3 is 0 Å². The second-order valence-corrected chi connectivity index (χ2v) is 5.65. The van der Waals surface area contributed by atoms with Gasteiger partial charge in [-0.05, 0) is 23.8 Å². The molecule has 1 aromatic carbocycles. The number of imidazole rings is 1. The van der Waals surface area contributed by atoms with Crippen LogP contribution in [0.25, 0.3) is 22.8 Å². The van der Waals surface area contributed by atoms with Gasteiger partial charge in [-0.3, -0.25) is 4.68 Å². The first kappa shape index (κ1) is 14.7. The number of pyridine rings is 1. The molecule has 118 valence electrons. The summed E-state index contributed by atoms with van der Waals surface area (Å²) < 4.78 is 15.6. The molecular formula is C17H11ClFN5. The maximum absolute atomic E-state index is 13.9. The predicted molar refractivity (Wildman–Crippen MR) is 88.2 cm³/mol. The van der Waals surface area contributed by atoms with Crippen LogP contribution in [0.4, 0.5) is 4.39 Å². The molecule has 0 N–H and O–H groups in total. The predicted octanol–water partition coefficient (Wildman–Crippen LogP) is 3.68. The van der Waals surface area contributed by atoms with Crippen LogP contribution in [0, 0.1) is 5.82 Å². The van der Waals surface area contributed by atoms with Crippen molar-refractivity contribution in [3.8, 4) is 22.8 Å². The smallest absolute Gasteiger partial charge is 0.163 e. The first-order valence-corrected chi connectivity index (χ1v) is 7.62. The van der Waals surface area contributed by atoms with Crippen LogP contribution in [0.5, 0.6) is 0 Å². The second-order valence-electron chi connectivity index (χ2n) is 5.26. The molecule has 24 heavy (non-hydrogen) atoms. The molecule has 2 aromatic rings. The Hall–Kier alpha value is -2.86. The molecular weight excluding hydrogens is 329 g/mol. The van der Waals surface area contributed by atoms with Crippen LogP contribution in [0.2, 0.25) is 5.15 Å². The van der Waals surface area contributed by atoms with E-state index in [1.165, 1.54) is 6.07 Å². The van der Waals surface area contributed by atoms with E-state index in [2.05, 4.69) is 20.1 Å². The summed E-state index contributed by atoms with van der Waals surface area (Å²) in [5.41, 5.74) is 2.62. The van der Waals surface area contributed by atoms with E-state index in [1.54, 1.807) is 47.5 Å². The van der Waals surface area contributed by atoms with E-state index in [1.807, 2.05) is 6.07 Å². The summed E-state index contributed by atoms with van der Waals surface area (Å²) in [5.74, 6) is 0.0108. The summed E-state index contributed by atoms with van der Waals surface area (Å²) >= 11 is 5.78. The number of fused-ring (bicyclic) bond motifs is 1. The summed E-state index contributed by atoms with van der Waals surface area (Å²) in [4.78, 5) is 12.8.